The number of allylic oxidation sites excluding steroid dienone is 1. The number of nitrogens with two attached hydrogens (primary N) is 1. The smallest absolute Gasteiger partial charge is 0.118 e. The Kier molecular flexibility index (Phi) is 6.13. The molecule has 0 aliphatic heterocycles. The van der Waals surface area contributed by atoms with E-state index < -0.39 is 0 Å². The van der Waals surface area contributed by atoms with Crippen molar-refractivity contribution in [1.82, 2.24) is 5.32 Å². The molecule has 3 N–H and O–H groups in total. The van der Waals surface area contributed by atoms with E-state index in [9.17, 15) is 0 Å². The quantitative estimate of drug-likeness (QED) is 0.561. The third kappa shape index (κ3) is 4.86. The summed E-state index contributed by atoms with van der Waals surface area (Å²) in [5, 5.41) is 3.73. The van der Waals surface area contributed by atoms with Gasteiger partial charge in [-0.05, 0) is 74.0 Å². The molecule has 0 bridgehead atoms. The van der Waals surface area contributed by atoms with E-state index in [0.717, 1.165) is 24.4 Å². The van der Waals surface area contributed by atoms with Gasteiger partial charge in [0.05, 0.1) is 13.2 Å². The van der Waals surface area contributed by atoms with Crippen LogP contribution >= 0.6 is 0 Å². The number of hydrogen-bond acceptors (Lipinski definition) is 3. The van der Waals surface area contributed by atoms with Gasteiger partial charge in [0.15, 0.2) is 0 Å². The van der Waals surface area contributed by atoms with Gasteiger partial charge in [-0.1, -0.05) is 35.9 Å². The Morgan fingerprint density at radius 2 is 1.92 bits per heavy atom. The molecule has 0 radical (unpaired) electrons. The molecule has 2 aromatic rings. The molecule has 0 fully saturated rings. The number of hydrogen-bond donors (Lipinski definition) is 2. The molecule has 3 heteroatoms. The first kappa shape index (κ1) is 17.6. The average molecular weight is 336 g/mol. The van der Waals surface area contributed by atoms with Crippen LogP contribution in [0.3, 0.4) is 0 Å². The van der Waals surface area contributed by atoms with Gasteiger partial charge >= 0.3 is 0 Å². The number of anilines is 1. The van der Waals surface area contributed by atoms with Gasteiger partial charge < -0.3 is 15.8 Å². The van der Waals surface area contributed by atoms with E-state index >= 15 is 0 Å². The van der Waals surface area contributed by atoms with Crippen molar-refractivity contribution in [3.05, 3.63) is 71.3 Å². The number of benzene rings is 2. The molecule has 2 aromatic carbocycles. The summed E-state index contributed by atoms with van der Waals surface area (Å²) in [5.41, 5.74) is 10.8. The molecule has 25 heavy (non-hydrogen) atoms. The lowest BCUT2D eigenvalue weighted by atomic mass is 9.95. The lowest BCUT2D eigenvalue weighted by Gasteiger charge is -2.21. The zero-order valence-corrected chi connectivity index (χ0v) is 15.0. The Hall–Kier alpha value is -2.26. The number of ether oxygens (including phenoxy) is 1. The van der Waals surface area contributed by atoms with Gasteiger partial charge in [-0.2, -0.15) is 0 Å². The Balaban J connectivity index is 1.74. The zero-order chi connectivity index (χ0) is 17.5. The molecule has 0 amide bonds. The lowest BCUT2D eigenvalue weighted by molar-refractivity contribution is 0.414. The van der Waals surface area contributed by atoms with Crippen molar-refractivity contribution >= 4 is 5.69 Å². The summed E-state index contributed by atoms with van der Waals surface area (Å²) in [4.78, 5) is 0. The van der Waals surface area contributed by atoms with Crippen molar-refractivity contribution in [3.8, 4) is 5.75 Å². The third-order valence-corrected chi connectivity index (χ3v) is 4.87. The van der Waals surface area contributed by atoms with Gasteiger partial charge in [0.25, 0.3) is 0 Å². The monoisotopic (exact) mass is 336 g/mol. The molecule has 0 saturated heterocycles. The summed E-state index contributed by atoms with van der Waals surface area (Å²) in [5.74, 6) is 0.877. The molecule has 1 aliphatic carbocycles. The van der Waals surface area contributed by atoms with Crippen molar-refractivity contribution in [2.75, 3.05) is 19.4 Å². The van der Waals surface area contributed by atoms with E-state index in [0.29, 0.717) is 0 Å². The highest BCUT2D eigenvalue weighted by atomic mass is 16.5. The van der Waals surface area contributed by atoms with Crippen molar-refractivity contribution in [1.29, 1.82) is 0 Å². The van der Waals surface area contributed by atoms with Crippen LogP contribution in [0.15, 0.2) is 60.2 Å². The molecular weight excluding hydrogens is 308 g/mol. The average Bonchev–Trinajstić information content (AvgIpc) is 2.66. The van der Waals surface area contributed by atoms with Crippen LogP contribution in [0.25, 0.3) is 0 Å². The molecule has 1 atom stereocenters. The maximum absolute atomic E-state index is 6.01. The van der Waals surface area contributed by atoms with Crippen LogP contribution in [-0.4, -0.2) is 13.7 Å². The first-order chi connectivity index (χ1) is 12.3. The molecule has 0 aromatic heterocycles. The fraction of sp³-hybridized carbons (Fsp3) is 0.364. The van der Waals surface area contributed by atoms with Gasteiger partial charge in [0.2, 0.25) is 0 Å². The molecular formula is C22H28N2O. The molecule has 1 unspecified atom stereocenters. The summed E-state index contributed by atoms with van der Waals surface area (Å²) in [6.07, 6.45) is 8.72. The predicted octanol–water partition coefficient (Wildman–Crippen LogP) is 4.85. The van der Waals surface area contributed by atoms with Gasteiger partial charge in [-0.3, -0.25) is 0 Å². The molecule has 0 heterocycles. The second-order valence-electron chi connectivity index (χ2n) is 6.69. The molecule has 0 saturated carbocycles. The number of methoxy groups -OCH3 is 1. The van der Waals surface area contributed by atoms with Crippen LogP contribution in [0.4, 0.5) is 5.69 Å². The second kappa shape index (κ2) is 8.72. The minimum Gasteiger partial charge on any atom is -0.497 e. The van der Waals surface area contributed by atoms with Gasteiger partial charge in [-0.25, -0.2) is 0 Å². The normalized spacial score (nSPS) is 15.5. The van der Waals surface area contributed by atoms with E-state index in [1.807, 2.05) is 24.3 Å². The fourth-order valence-electron chi connectivity index (χ4n) is 3.47. The van der Waals surface area contributed by atoms with Crippen LogP contribution in [0.5, 0.6) is 5.75 Å². The Morgan fingerprint density at radius 3 is 2.60 bits per heavy atom. The molecule has 0 spiro atoms. The first-order valence-corrected chi connectivity index (χ1v) is 9.17. The highest BCUT2D eigenvalue weighted by Gasteiger charge is 2.14. The maximum atomic E-state index is 6.01. The Morgan fingerprint density at radius 1 is 1.08 bits per heavy atom. The van der Waals surface area contributed by atoms with Crippen molar-refractivity contribution in [3.63, 3.8) is 0 Å². The van der Waals surface area contributed by atoms with Crippen LogP contribution in [-0.2, 0) is 0 Å². The van der Waals surface area contributed by atoms with E-state index in [4.69, 9.17) is 10.5 Å². The van der Waals surface area contributed by atoms with Crippen LogP contribution in [0, 0.1) is 0 Å². The predicted molar refractivity (Wildman–Crippen MR) is 105 cm³/mol. The second-order valence-corrected chi connectivity index (χ2v) is 6.69. The Labute approximate surface area is 150 Å². The molecule has 1 aliphatic rings. The lowest BCUT2D eigenvalue weighted by Crippen LogP contribution is -2.24. The maximum Gasteiger partial charge on any atom is 0.118 e. The number of nitrogens with one attached hydrogen (secondary N) is 1. The molecule has 3 nitrogen and oxygen atoms in total. The van der Waals surface area contributed by atoms with E-state index in [1.165, 1.54) is 36.8 Å². The van der Waals surface area contributed by atoms with Crippen molar-refractivity contribution in [2.45, 2.75) is 38.1 Å². The fourth-order valence-corrected chi connectivity index (χ4v) is 3.47. The van der Waals surface area contributed by atoms with E-state index in [1.54, 1.807) is 12.7 Å². The molecule has 132 valence electrons. The first-order valence-electron chi connectivity index (χ1n) is 9.17. The summed E-state index contributed by atoms with van der Waals surface area (Å²) in [6, 6.07) is 16.6. The molecule has 3 rings (SSSR count). The van der Waals surface area contributed by atoms with E-state index in [2.05, 4.69) is 35.7 Å². The van der Waals surface area contributed by atoms with Crippen molar-refractivity contribution < 1.29 is 4.74 Å². The topological polar surface area (TPSA) is 47.3 Å². The van der Waals surface area contributed by atoms with E-state index in [-0.39, 0.29) is 6.04 Å². The summed E-state index contributed by atoms with van der Waals surface area (Å²) in [7, 11) is 1.69. The standard InChI is InChI=1S/C22H28N2O/c1-25-21-12-10-18(11-13-21)22(19-8-5-9-20(23)16-19)24-15-14-17-6-3-2-4-7-17/h5-6,8-13,16,22,24H,2-4,7,14-15,23H2,1H3. The summed E-state index contributed by atoms with van der Waals surface area (Å²) >= 11 is 0. The highest BCUT2D eigenvalue weighted by molar-refractivity contribution is 5.44. The van der Waals surface area contributed by atoms with Gasteiger partial charge in [-0.15, -0.1) is 0 Å². The minimum absolute atomic E-state index is 0.138. The summed E-state index contributed by atoms with van der Waals surface area (Å²) < 4.78 is 5.29. The third-order valence-electron chi connectivity index (χ3n) is 4.87. The highest BCUT2D eigenvalue weighted by Crippen LogP contribution is 2.26. The zero-order valence-electron chi connectivity index (χ0n) is 15.0. The van der Waals surface area contributed by atoms with Gasteiger partial charge in [0.1, 0.15) is 5.75 Å². The number of rotatable bonds is 7. The largest absolute Gasteiger partial charge is 0.497 e. The number of nitrogen functional groups attached to an aromatic ring is 1. The van der Waals surface area contributed by atoms with Crippen molar-refractivity contribution in [2.24, 2.45) is 0 Å². The Bertz CT molecular complexity index is 706. The van der Waals surface area contributed by atoms with Gasteiger partial charge in [0, 0.05) is 5.69 Å². The van der Waals surface area contributed by atoms with Crippen LogP contribution < -0.4 is 15.8 Å². The summed E-state index contributed by atoms with van der Waals surface area (Å²) in [6.45, 7) is 0.970. The van der Waals surface area contributed by atoms with Crippen LogP contribution in [0.2, 0.25) is 0 Å². The van der Waals surface area contributed by atoms with Crippen LogP contribution in [0.1, 0.15) is 49.3 Å². The minimum atomic E-state index is 0.138. The SMILES string of the molecule is COc1ccc(C(NCCC2=CCCCC2)c2cccc(N)c2)cc1.